The number of nitrogens with zero attached hydrogens (tertiary/aromatic N) is 1. The van der Waals surface area contributed by atoms with E-state index in [4.69, 9.17) is 0 Å². The number of hydrogen-bond donors (Lipinski definition) is 0. The van der Waals surface area contributed by atoms with E-state index < -0.39 is 11.7 Å². The van der Waals surface area contributed by atoms with Crippen molar-refractivity contribution < 1.29 is 18.0 Å². The molecule has 116 valence electrons. The molecule has 0 amide bonds. The molecule has 5 heteroatoms. The average Bonchev–Trinajstić information content (AvgIpc) is 2.46. The van der Waals surface area contributed by atoms with Crippen LogP contribution >= 0.6 is 0 Å². The molecule has 0 aliphatic carbocycles. The van der Waals surface area contributed by atoms with Crippen LogP contribution < -0.4 is 4.90 Å². The Balaban J connectivity index is 2.36. The summed E-state index contributed by atoms with van der Waals surface area (Å²) in [7, 11) is 0. The fourth-order valence-electron chi connectivity index (χ4n) is 3.05. The van der Waals surface area contributed by atoms with E-state index in [1.165, 1.54) is 6.07 Å². The van der Waals surface area contributed by atoms with Gasteiger partial charge in [0.1, 0.15) is 0 Å². The molecule has 21 heavy (non-hydrogen) atoms. The van der Waals surface area contributed by atoms with Crippen molar-refractivity contribution in [2.75, 3.05) is 11.4 Å². The second-order valence-corrected chi connectivity index (χ2v) is 5.52. The zero-order chi connectivity index (χ0) is 15.5. The Kier molecular flexibility index (Phi) is 4.91. The Bertz CT molecular complexity index is 497. The van der Waals surface area contributed by atoms with E-state index in [2.05, 4.69) is 11.8 Å². The van der Waals surface area contributed by atoms with Gasteiger partial charge in [0.15, 0.2) is 6.29 Å². The molecule has 1 aliphatic rings. The van der Waals surface area contributed by atoms with E-state index in [9.17, 15) is 18.0 Å². The van der Waals surface area contributed by atoms with Crippen LogP contribution in [0.5, 0.6) is 0 Å². The van der Waals surface area contributed by atoms with Crippen molar-refractivity contribution in [3.05, 3.63) is 29.3 Å². The fraction of sp³-hybridized carbons (Fsp3) is 0.562. The van der Waals surface area contributed by atoms with Crippen molar-refractivity contribution >= 4 is 12.0 Å². The number of carbonyl (C=O) groups is 1. The largest absolute Gasteiger partial charge is 0.417 e. The molecule has 0 radical (unpaired) electrons. The highest BCUT2D eigenvalue weighted by atomic mass is 19.4. The number of halogens is 3. The minimum absolute atomic E-state index is 0.270. The molecule has 1 saturated heterocycles. The van der Waals surface area contributed by atoms with Crippen LogP contribution in [-0.4, -0.2) is 18.9 Å². The molecule has 0 spiro atoms. The van der Waals surface area contributed by atoms with Crippen LogP contribution in [-0.2, 0) is 6.18 Å². The molecular weight excluding hydrogens is 279 g/mol. The number of aldehydes is 1. The van der Waals surface area contributed by atoms with E-state index in [0.29, 0.717) is 11.7 Å². The van der Waals surface area contributed by atoms with Crippen LogP contribution in [0.25, 0.3) is 0 Å². The Morgan fingerprint density at radius 2 is 2.10 bits per heavy atom. The van der Waals surface area contributed by atoms with Gasteiger partial charge in [-0.15, -0.1) is 0 Å². The third kappa shape index (κ3) is 3.57. The normalized spacial score (nSPS) is 19.6. The zero-order valence-corrected chi connectivity index (χ0v) is 12.1. The van der Waals surface area contributed by atoms with Gasteiger partial charge >= 0.3 is 6.18 Å². The SMILES string of the molecule is CCCC1CCCCN1c1ccc(C=O)c(C(F)(F)F)c1. The van der Waals surface area contributed by atoms with Crippen molar-refractivity contribution in [1.29, 1.82) is 0 Å². The number of hydrogen-bond acceptors (Lipinski definition) is 2. The summed E-state index contributed by atoms with van der Waals surface area (Å²) < 4.78 is 39.2. The number of rotatable bonds is 4. The highest BCUT2D eigenvalue weighted by molar-refractivity contribution is 5.79. The molecule has 1 fully saturated rings. The molecule has 0 saturated carbocycles. The van der Waals surface area contributed by atoms with Gasteiger partial charge in [-0.05, 0) is 43.9 Å². The van der Waals surface area contributed by atoms with E-state index in [1.807, 2.05) is 0 Å². The second kappa shape index (κ2) is 6.50. The predicted molar refractivity (Wildman–Crippen MR) is 76.7 cm³/mol. The number of benzene rings is 1. The van der Waals surface area contributed by atoms with Crippen LogP contribution in [0.2, 0.25) is 0 Å². The molecule has 0 aromatic heterocycles. The summed E-state index contributed by atoms with van der Waals surface area (Å²) in [5, 5.41) is 0. The van der Waals surface area contributed by atoms with Crippen LogP contribution in [0.4, 0.5) is 18.9 Å². The maximum absolute atomic E-state index is 13.1. The number of piperidine rings is 1. The molecule has 0 bridgehead atoms. The van der Waals surface area contributed by atoms with Crippen LogP contribution in [0.15, 0.2) is 18.2 Å². The van der Waals surface area contributed by atoms with Crippen molar-refractivity contribution in [1.82, 2.24) is 0 Å². The van der Waals surface area contributed by atoms with Gasteiger partial charge in [0.05, 0.1) is 5.56 Å². The van der Waals surface area contributed by atoms with Gasteiger partial charge in [-0.2, -0.15) is 13.2 Å². The maximum Gasteiger partial charge on any atom is 0.417 e. The Morgan fingerprint density at radius 1 is 1.33 bits per heavy atom. The monoisotopic (exact) mass is 299 g/mol. The van der Waals surface area contributed by atoms with Gasteiger partial charge in [-0.3, -0.25) is 4.79 Å². The van der Waals surface area contributed by atoms with Gasteiger partial charge < -0.3 is 4.90 Å². The summed E-state index contributed by atoms with van der Waals surface area (Å²) in [6.45, 7) is 2.87. The van der Waals surface area contributed by atoms with Crippen LogP contribution in [0, 0.1) is 0 Å². The van der Waals surface area contributed by atoms with E-state index in [0.717, 1.165) is 44.7 Å². The third-order valence-electron chi connectivity index (χ3n) is 4.05. The van der Waals surface area contributed by atoms with Gasteiger partial charge in [0.25, 0.3) is 0 Å². The average molecular weight is 299 g/mol. The lowest BCUT2D eigenvalue weighted by atomic mass is 9.96. The summed E-state index contributed by atoms with van der Waals surface area (Å²) in [4.78, 5) is 12.9. The van der Waals surface area contributed by atoms with E-state index in [-0.39, 0.29) is 11.8 Å². The number of anilines is 1. The molecular formula is C16H20F3NO. The molecule has 2 rings (SSSR count). The quantitative estimate of drug-likeness (QED) is 0.753. The smallest absolute Gasteiger partial charge is 0.369 e. The van der Waals surface area contributed by atoms with Crippen molar-refractivity contribution in [2.24, 2.45) is 0 Å². The molecule has 1 aliphatic heterocycles. The summed E-state index contributed by atoms with van der Waals surface area (Å²) in [6, 6.07) is 4.33. The first-order chi connectivity index (χ1) is 9.97. The summed E-state index contributed by atoms with van der Waals surface area (Å²) in [5.74, 6) is 0. The lowest BCUT2D eigenvalue weighted by Gasteiger charge is -2.38. The van der Waals surface area contributed by atoms with Gasteiger partial charge in [-0.25, -0.2) is 0 Å². The number of carbonyl (C=O) groups excluding carboxylic acids is 1. The highest BCUT2D eigenvalue weighted by Crippen LogP contribution is 2.36. The molecule has 1 heterocycles. The lowest BCUT2D eigenvalue weighted by Crippen LogP contribution is -2.39. The van der Waals surface area contributed by atoms with Crippen molar-refractivity contribution in [3.63, 3.8) is 0 Å². The fourth-order valence-corrected chi connectivity index (χ4v) is 3.05. The lowest BCUT2D eigenvalue weighted by molar-refractivity contribution is -0.137. The zero-order valence-electron chi connectivity index (χ0n) is 12.1. The molecule has 1 aromatic carbocycles. The van der Waals surface area contributed by atoms with Crippen LogP contribution in [0.1, 0.15) is 54.9 Å². The second-order valence-electron chi connectivity index (χ2n) is 5.52. The molecule has 1 aromatic rings. The van der Waals surface area contributed by atoms with Crippen LogP contribution in [0.3, 0.4) is 0 Å². The molecule has 2 nitrogen and oxygen atoms in total. The van der Waals surface area contributed by atoms with Gasteiger partial charge in [0, 0.05) is 23.8 Å². The first-order valence-corrected chi connectivity index (χ1v) is 7.40. The predicted octanol–water partition coefficient (Wildman–Crippen LogP) is 4.68. The van der Waals surface area contributed by atoms with Gasteiger partial charge in [-0.1, -0.05) is 13.3 Å². The Hall–Kier alpha value is -1.52. The Labute approximate surface area is 122 Å². The maximum atomic E-state index is 13.1. The number of alkyl halides is 3. The minimum atomic E-state index is -4.50. The van der Waals surface area contributed by atoms with E-state index in [1.54, 1.807) is 6.07 Å². The molecule has 1 unspecified atom stereocenters. The van der Waals surface area contributed by atoms with Crippen molar-refractivity contribution in [2.45, 2.75) is 51.2 Å². The summed E-state index contributed by atoms with van der Waals surface area (Å²) in [6.07, 6.45) is 0.909. The molecule has 1 atom stereocenters. The minimum Gasteiger partial charge on any atom is -0.369 e. The van der Waals surface area contributed by atoms with Gasteiger partial charge in [0.2, 0.25) is 0 Å². The standard InChI is InChI=1S/C16H20F3NO/c1-2-5-13-6-3-4-9-20(13)14-8-7-12(11-21)15(10-14)16(17,18)19/h7-8,10-11,13H,2-6,9H2,1H3. The topological polar surface area (TPSA) is 20.3 Å². The highest BCUT2D eigenvalue weighted by Gasteiger charge is 2.34. The summed E-state index contributed by atoms with van der Waals surface area (Å²) >= 11 is 0. The first-order valence-electron chi connectivity index (χ1n) is 7.40. The summed E-state index contributed by atoms with van der Waals surface area (Å²) in [5.41, 5.74) is -0.558. The Morgan fingerprint density at radius 3 is 2.71 bits per heavy atom. The molecule has 0 N–H and O–H groups in total. The first kappa shape index (κ1) is 15.9. The van der Waals surface area contributed by atoms with E-state index >= 15 is 0 Å². The van der Waals surface area contributed by atoms with Crippen molar-refractivity contribution in [3.8, 4) is 0 Å². The third-order valence-corrected chi connectivity index (χ3v) is 4.05.